The number of aliphatic carboxylic acids is 1. The van der Waals surface area contributed by atoms with Gasteiger partial charge in [-0.1, -0.05) is 137 Å². The number of hydrogen-bond acceptors (Lipinski definition) is 4. The molecule has 0 heterocycles. The zero-order valence-electron chi connectivity index (χ0n) is 28.4. The molecule has 4 nitrogen and oxygen atoms in total. The van der Waals surface area contributed by atoms with Crippen LogP contribution in [0.5, 0.6) is 11.5 Å². The van der Waals surface area contributed by atoms with Crippen LogP contribution in [0.4, 0.5) is 0 Å². The Labute approximate surface area is 267 Å². The fraction of sp³-hybridized carbons (Fsp3) is 0.658. The van der Waals surface area contributed by atoms with Crippen molar-refractivity contribution < 1.29 is 20.1 Å². The van der Waals surface area contributed by atoms with Crippen LogP contribution in [0.25, 0.3) is 0 Å². The average Bonchev–Trinajstić information content (AvgIpc) is 2.91. The van der Waals surface area contributed by atoms with Crippen LogP contribution in [0.3, 0.4) is 0 Å². The molecule has 242 valence electrons. The van der Waals surface area contributed by atoms with Crippen LogP contribution in [0.1, 0.15) is 153 Å². The summed E-state index contributed by atoms with van der Waals surface area (Å²) < 4.78 is 0. The van der Waals surface area contributed by atoms with Crippen molar-refractivity contribution in [2.24, 2.45) is 5.92 Å². The van der Waals surface area contributed by atoms with Gasteiger partial charge in [0.2, 0.25) is 0 Å². The highest BCUT2D eigenvalue weighted by molar-refractivity contribution is 7.98. The predicted octanol–water partition coefficient (Wildman–Crippen LogP) is 10.7. The average molecular weight is 613 g/mol. The van der Waals surface area contributed by atoms with Crippen LogP contribution < -0.4 is 0 Å². The lowest BCUT2D eigenvalue weighted by molar-refractivity contribution is -0.141. The molecule has 0 radical (unpaired) electrons. The molecule has 2 aromatic rings. The van der Waals surface area contributed by atoms with Gasteiger partial charge < -0.3 is 15.3 Å². The van der Waals surface area contributed by atoms with Gasteiger partial charge in [0.05, 0.1) is 5.92 Å². The van der Waals surface area contributed by atoms with Crippen molar-refractivity contribution >= 4 is 17.7 Å². The van der Waals surface area contributed by atoms with Gasteiger partial charge in [0.25, 0.3) is 0 Å². The summed E-state index contributed by atoms with van der Waals surface area (Å²) in [4.78, 5) is 11.6. The molecule has 5 heteroatoms. The number of aromatic hydroxyl groups is 2. The lowest BCUT2D eigenvalue weighted by Crippen LogP contribution is -2.18. The third kappa shape index (κ3) is 12.4. The summed E-state index contributed by atoms with van der Waals surface area (Å²) in [6.07, 6.45) is 14.1. The molecule has 1 atom stereocenters. The van der Waals surface area contributed by atoms with Gasteiger partial charge in [0, 0.05) is 17.7 Å². The normalized spacial score (nSPS) is 12.9. The molecule has 0 aliphatic rings. The Kier molecular flexibility index (Phi) is 15.0. The molecule has 0 aromatic heterocycles. The number of phenolic OH excluding ortho intramolecular Hbond substituents is 2. The topological polar surface area (TPSA) is 77.8 Å². The highest BCUT2D eigenvalue weighted by Crippen LogP contribution is 2.41. The van der Waals surface area contributed by atoms with E-state index >= 15 is 0 Å². The van der Waals surface area contributed by atoms with Gasteiger partial charge >= 0.3 is 5.97 Å². The minimum Gasteiger partial charge on any atom is -0.507 e. The van der Waals surface area contributed by atoms with Crippen LogP contribution in [-0.2, 0) is 34.2 Å². The number of carbonyl (C=O) groups is 1. The molecule has 43 heavy (non-hydrogen) atoms. The molecule has 0 fully saturated rings. The molecule has 0 spiro atoms. The first-order valence-electron chi connectivity index (χ1n) is 16.7. The van der Waals surface area contributed by atoms with E-state index < -0.39 is 11.9 Å². The van der Waals surface area contributed by atoms with Gasteiger partial charge in [0.1, 0.15) is 11.5 Å². The molecule has 0 bridgehead atoms. The largest absolute Gasteiger partial charge is 0.507 e. The van der Waals surface area contributed by atoms with Crippen molar-refractivity contribution in [1.82, 2.24) is 0 Å². The summed E-state index contributed by atoms with van der Waals surface area (Å²) in [5.74, 6) is 1.11. The lowest BCUT2D eigenvalue weighted by Gasteiger charge is -2.28. The summed E-state index contributed by atoms with van der Waals surface area (Å²) in [5.41, 5.74) is 5.01. The number of rotatable bonds is 18. The highest BCUT2D eigenvalue weighted by atomic mass is 32.2. The maximum absolute atomic E-state index is 11.6. The van der Waals surface area contributed by atoms with Crippen LogP contribution in [0.2, 0.25) is 0 Å². The Bertz CT molecular complexity index is 1120. The summed E-state index contributed by atoms with van der Waals surface area (Å²) in [6, 6.07) is 8.11. The molecule has 3 N–H and O–H groups in total. The second-order valence-electron chi connectivity index (χ2n) is 14.7. The Morgan fingerprint density at radius 1 is 0.721 bits per heavy atom. The van der Waals surface area contributed by atoms with Gasteiger partial charge in [0.15, 0.2) is 0 Å². The standard InChI is InChI=1S/C38H60O4S/c1-9-10-11-12-13-14-15-16-17-18-19-43-26-31-23-28(20-27(2)36(41)42)21-30(34(31)39)22-29-24-32(37(3,4)5)35(40)33(25-29)38(6,7)8/h21,23-25,27,39-40H,9-20,22,26H2,1-8H3,(H,41,42). The predicted molar refractivity (Wildman–Crippen MR) is 185 cm³/mol. The monoisotopic (exact) mass is 612 g/mol. The molecule has 0 amide bonds. The molecule has 0 aliphatic carbocycles. The van der Waals surface area contributed by atoms with E-state index in [1.165, 1.54) is 64.2 Å². The van der Waals surface area contributed by atoms with Crippen molar-refractivity contribution in [3.05, 3.63) is 57.6 Å². The summed E-state index contributed by atoms with van der Waals surface area (Å²) >= 11 is 1.85. The van der Waals surface area contributed by atoms with Crippen molar-refractivity contribution in [2.75, 3.05) is 5.75 Å². The van der Waals surface area contributed by atoms with Crippen LogP contribution >= 0.6 is 11.8 Å². The first-order chi connectivity index (χ1) is 20.1. The lowest BCUT2D eigenvalue weighted by atomic mass is 9.78. The van der Waals surface area contributed by atoms with E-state index in [1.54, 1.807) is 6.92 Å². The van der Waals surface area contributed by atoms with Crippen molar-refractivity contribution in [2.45, 2.75) is 149 Å². The number of unbranched alkanes of at least 4 members (excludes halogenated alkanes) is 9. The molecular weight excluding hydrogens is 552 g/mol. The van der Waals surface area contributed by atoms with Crippen LogP contribution in [0, 0.1) is 5.92 Å². The van der Waals surface area contributed by atoms with E-state index in [9.17, 15) is 20.1 Å². The van der Waals surface area contributed by atoms with E-state index in [2.05, 4.69) is 60.6 Å². The smallest absolute Gasteiger partial charge is 0.306 e. The summed E-state index contributed by atoms with van der Waals surface area (Å²) in [7, 11) is 0. The fourth-order valence-corrected chi connectivity index (χ4v) is 6.66. The van der Waals surface area contributed by atoms with E-state index in [-0.39, 0.29) is 10.8 Å². The number of carboxylic acids is 1. The van der Waals surface area contributed by atoms with E-state index in [4.69, 9.17) is 0 Å². The first kappa shape index (κ1) is 37.0. The number of thioether (sulfide) groups is 1. The van der Waals surface area contributed by atoms with E-state index in [1.807, 2.05) is 23.9 Å². The molecule has 0 saturated heterocycles. The number of phenols is 2. The van der Waals surface area contributed by atoms with Gasteiger partial charge in [-0.15, -0.1) is 0 Å². The quantitative estimate of drug-likeness (QED) is 0.146. The molecule has 1 unspecified atom stereocenters. The van der Waals surface area contributed by atoms with Gasteiger partial charge in [-0.2, -0.15) is 11.8 Å². The van der Waals surface area contributed by atoms with Crippen molar-refractivity contribution in [1.29, 1.82) is 0 Å². The Morgan fingerprint density at radius 2 is 1.21 bits per heavy atom. The summed E-state index contributed by atoms with van der Waals surface area (Å²) in [5, 5.41) is 32.2. The Hall–Kier alpha value is -2.14. The zero-order chi connectivity index (χ0) is 32.2. The third-order valence-corrected chi connectivity index (χ3v) is 9.46. The summed E-state index contributed by atoms with van der Waals surface area (Å²) in [6.45, 7) is 16.6. The first-order valence-corrected chi connectivity index (χ1v) is 17.8. The molecule has 0 saturated carbocycles. The second-order valence-corrected chi connectivity index (χ2v) is 15.8. The molecule has 2 aromatic carbocycles. The molecule has 0 aliphatic heterocycles. The Morgan fingerprint density at radius 3 is 1.70 bits per heavy atom. The zero-order valence-corrected chi connectivity index (χ0v) is 29.3. The maximum Gasteiger partial charge on any atom is 0.306 e. The van der Waals surface area contributed by atoms with Crippen LogP contribution in [-0.4, -0.2) is 27.0 Å². The molecular formula is C38H60O4S. The van der Waals surface area contributed by atoms with Gasteiger partial charge in [-0.25, -0.2) is 0 Å². The van der Waals surface area contributed by atoms with Crippen molar-refractivity contribution in [3.8, 4) is 11.5 Å². The van der Waals surface area contributed by atoms with Gasteiger partial charge in [-0.05, 0) is 57.2 Å². The SMILES string of the molecule is CCCCCCCCCCCCSCc1cc(CC(C)C(=O)O)cc(Cc2cc(C(C)(C)C)c(O)c(C(C)(C)C)c2)c1O. The van der Waals surface area contributed by atoms with E-state index in [0.717, 1.165) is 39.1 Å². The molecule has 2 rings (SSSR count). The highest BCUT2D eigenvalue weighted by Gasteiger charge is 2.27. The minimum absolute atomic E-state index is 0.239. The Balaban J connectivity index is 2.18. The van der Waals surface area contributed by atoms with Crippen molar-refractivity contribution in [3.63, 3.8) is 0 Å². The van der Waals surface area contributed by atoms with E-state index in [0.29, 0.717) is 30.1 Å². The van der Waals surface area contributed by atoms with Gasteiger partial charge in [-0.3, -0.25) is 4.79 Å². The fourth-order valence-electron chi connectivity index (χ4n) is 5.67. The second kappa shape index (κ2) is 17.4. The third-order valence-electron chi connectivity index (χ3n) is 8.37. The number of carboxylic acid groups (broad SMARTS) is 1. The number of benzene rings is 2. The van der Waals surface area contributed by atoms with Crippen LogP contribution in [0.15, 0.2) is 24.3 Å². The maximum atomic E-state index is 11.6. The minimum atomic E-state index is -0.810. The number of hydrogen-bond donors (Lipinski definition) is 3.